The molecule has 2 aromatic rings. The maximum Gasteiger partial charge on any atom is 0.270 e. The molecule has 1 aromatic carbocycles. The van der Waals surface area contributed by atoms with Crippen LogP contribution in [-0.2, 0) is 11.2 Å². The number of carbonyl (C=O) groups excluding carboxylic acids is 1. The van der Waals surface area contributed by atoms with E-state index in [1.54, 1.807) is 23.3 Å². The van der Waals surface area contributed by atoms with Crippen LogP contribution in [0, 0.1) is 0 Å². The van der Waals surface area contributed by atoms with E-state index in [1.807, 2.05) is 30.3 Å². The van der Waals surface area contributed by atoms with Crippen LogP contribution >= 0.6 is 24.0 Å². The lowest BCUT2D eigenvalue weighted by Crippen LogP contribution is -2.28. The molecule has 1 amide bonds. The van der Waals surface area contributed by atoms with Gasteiger partial charge < -0.3 is 4.42 Å². The molecule has 0 bridgehead atoms. The van der Waals surface area contributed by atoms with Crippen molar-refractivity contribution < 1.29 is 9.21 Å². The summed E-state index contributed by atoms with van der Waals surface area (Å²) in [6.45, 7) is 2.06. The van der Waals surface area contributed by atoms with E-state index in [1.165, 1.54) is 11.8 Å². The fourth-order valence-electron chi connectivity index (χ4n) is 2.21. The van der Waals surface area contributed by atoms with Crippen molar-refractivity contribution in [2.45, 2.75) is 13.3 Å². The van der Waals surface area contributed by atoms with E-state index in [0.717, 1.165) is 17.7 Å². The molecule has 0 N–H and O–H groups in total. The number of nitrogens with zero attached hydrogens (tertiary/aromatic N) is 1. The van der Waals surface area contributed by atoms with Crippen LogP contribution in [0.25, 0.3) is 6.08 Å². The van der Waals surface area contributed by atoms with Crippen molar-refractivity contribution in [2.75, 3.05) is 4.90 Å². The van der Waals surface area contributed by atoms with Crippen LogP contribution in [0.1, 0.15) is 18.2 Å². The molecule has 1 saturated heterocycles. The Bertz CT molecular complexity index is 720. The maximum atomic E-state index is 12.6. The highest BCUT2D eigenvalue weighted by Crippen LogP contribution is 2.37. The first-order valence-electron chi connectivity index (χ1n) is 6.60. The van der Waals surface area contributed by atoms with Gasteiger partial charge in [-0.3, -0.25) is 9.69 Å². The first kappa shape index (κ1) is 14.1. The summed E-state index contributed by atoms with van der Waals surface area (Å²) in [6.07, 6.45) is 4.16. The number of para-hydroxylation sites is 1. The standard InChI is InChI=1S/C16H13NO2S2/c1-2-11-6-3-4-8-13(11)17-15(18)14(21-16(17)20)10-12-7-5-9-19-12/h3-10H,2H2,1H3/b14-10+. The van der Waals surface area contributed by atoms with Gasteiger partial charge in [0.15, 0.2) is 4.32 Å². The molecule has 21 heavy (non-hydrogen) atoms. The minimum atomic E-state index is -0.0951. The molecular formula is C16H13NO2S2. The Hall–Kier alpha value is -1.85. The third kappa shape index (κ3) is 2.66. The highest BCUT2D eigenvalue weighted by molar-refractivity contribution is 8.27. The average Bonchev–Trinajstić information content (AvgIpc) is 3.09. The van der Waals surface area contributed by atoms with E-state index in [0.29, 0.717) is 15.0 Å². The highest BCUT2D eigenvalue weighted by Gasteiger charge is 2.34. The smallest absolute Gasteiger partial charge is 0.270 e. The average molecular weight is 315 g/mol. The predicted molar refractivity (Wildman–Crippen MR) is 90.2 cm³/mol. The first-order chi connectivity index (χ1) is 10.2. The van der Waals surface area contributed by atoms with E-state index in [9.17, 15) is 4.79 Å². The second-order valence-corrected chi connectivity index (χ2v) is 6.19. The van der Waals surface area contributed by atoms with Crippen LogP contribution in [0.2, 0.25) is 0 Å². The molecule has 0 saturated carbocycles. The van der Waals surface area contributed by atoms with Crippen LogP contribution < -0.4 is 4.90 Å². The van der Waals surface area contributed by atoms with Gasteiger partial charge in [-0.1, -0.05) is 49.1 Å². The van der Waals surface area contributed by atoms with Crippen molar-refractivity contribution in [3.63, 3.8) is 0 Å². The molecule has 1 aliphatic heterocycles. The van der Waals surface area contributed by atoms with Crippen LogP contribution in [-0.4, -0.2) is 10.2 Å². The van der Waals surface area contributed by atoms with Crippen LogP contribution in [0.3, 0.4) is 0 Å². The number of thioether (sulfide) groups is 1. The van der Waals surface area contributed by atoms with Crippen molar-refractivity contribution in [3.8, 4) is 0 Å². The lowest BCUT2D eigenvalue weighted by atomic mass is 10.1. The molecule has 5 heteroatoms. The fraction of sp³-hybridized carbons (Fsp3) is 0.125. The van der Waals surface area contributed by atoms with Crippen molar-refractivity contribution in [1.82, 2.24) is 0 Å². The Kier molecular flexibility index (Phi) is 3.94. The van der Waals surface area contributed by atoms with Gasteiger partial charge in [-0.2, -0.15) is 0 Å². The third-order valence-electron chi connectivity index (χ3n) is 3.22. The van der Waals surface area contributed by atoms with Gasteiger partial charge in [0.1, 0.15) is 5.76 Å². The number of hydrogen-bond acceptors (Lipinski definition) is 4. The summed E-state index contributed by atoms with van der Waals surface area (Å²) in [6, 6.07) is 11.4. The number of benzene rings is 1. The summed E-state index contributed by atoms with van der Waals surface area (Å²) < 4.78 is 5.82. The minimum absolute atomic E-state index is 0.0951. The number of carbonyl (C=O) groups is 1. The Balaban J connectivity index is 1.98. The summed E-state index contributed by atoms with van der Waals surface area (Å²) in [5, 5.41) is 0. The minimum Gasteiger partial charge on any atom is -0.465 e. The van der Waals surface area contributed by atoms with E-state index in [4.69, 9.17) is 16.6 Å². The molecule has 0 unspecified atom stereocenters. The molecule has 1 fully saturated rings. The van der Waals surface area contributed by atoms with Crippen molar-refractivity contribution >= 4 is 46.0 Å². The quantitative estimate of drug-likeness (QED) is 0.626. The van der Waals surface area contributed by atoms with Gasteiger partial charge in [-0.25, -0.2) is 0 Å². The molecule has 1 aliphatic rings. The molecule has 3 nitrogen and oxygen atoms in total. The summed E-state index contributed by atoms with van der Waals surface area (Å²) in [5.41, 5.74) is 1.97. The van der Waals surface area contributed by atoms with Crippen LogP contribution in [0.5, 0.6) is 0 Å². The molecule has 0 radical (unpaired) electrons. The van der Waals surface area contributed by atoms with E-state index >= 15 is 0 Å². The summed E-state index contributed by atoms with van der Waals surface area (Å²) in [4.78, 5) is 14.8. The molecule has 0 atom stereocenters. The fourth-order valence-corrected chi connectivity index (χ4v) is 3.47. The van der Waals surface area contributed by atoms with E-state index in [2.05, 4.69) is 6.92 Å². The largest absolute Gasteiger partial charge is 0.465 e. The SMILES string of the molecule is CCc1ccccc1N1C(=O)/C(=C\c2ccco2)SC1=S. The number of rotatable bonds is 3. The predicted octanol–water partition coefficient (Wildman–Crippen LogP) is 4.25. The second kappa shape index (κ2) is 5.87. The van der Waals surface area contributed by atoms with Gasteiger partial charge in [0.25, 0.3) is 5.91 Å². The number of amides is 1. The first-order valence-corrected chi connectivity index (χ1v) is 7.82. The number of hydrogen-bond donors (Lipinski definition) is 0. The maximum absolute atomic E-state index is 12.6. The molecule has 0 aliphatic carbocycles. The van der Waals surface area contributed by atoms with E-state index in [-0.39, 0.29) is 5.91 Å². The number of furan rings is 1. The van der Waals surface area contributed by atoms with Gasteiger partial charge in [-0.05, 0) is 30.2 Å². The van der Waals surface area contributed by atoms with Gasteiger partial charge in [-0.15, -0.1) is 0 Å². The van der Waals surface area contributed by atoms with Crippen LogP contribution in [0.4, 0.5) is 5.69 Å². The number of thiocarbonyl (C=S) groups is 1. The zero-order valence-corrected chi connectivity index (χ0v) is 13.0. The van der Waals surface area contributed by atoms with Gasteiger partial charge in [0, 0.05) is 6.08 Å². The molecule has 106 valence electrons. The molecule has 1 aromatic heterocycles. The van der Waals surface area contributed by atoms with Crippen molar-refractivity contribution in [1.29, 1.82) is 0 Å². The highest BCUT2D eigenvalue weighted by atomic mass is 32.2. The third-order valence-corrected chi connectivity index (χ3v) is 4.53. The zero-order valence-electron chi connectivity index (χ0n) is 11.4. The lowest BCUT2D eigenvalue weighted by molar-refractivity contribution is -0.113. The summed E-state index contributed by atoms with van der Waals surface area (Å²) >= 11 is 6.68. The molecule has 3 rings (SSSR count). The van der Waals surface area contributed by atoms with Gasteiger partial charge in [0.2, 0.25) is 0 Å². The zero-order chi connectivity index (χ0) is 14.8. The summed E-state index contributed by atoms with van der Waals surface area (Å²) in [7, 11) is 0. The Morgan fingerprint density at radius 3 is 2.81 bits per heavy atom. The lowest BCUT2D eigenvalue weighted by Gasteiger charge is -2.17. The monoisotopic (exact) mass is 315 g/mol. The molecule has 2 heterocycles. The Morgan fingerprint density at radius 1 is 1.29 bits per heavy atom. The van der Waals surface area contributed by atoms with Crippen molar-refractivity contribution in [2.24, 2.45) is 0 Å². The number of aryl methyl sites for hydroxylation is 1. The second-order valence-electron chi connectivity index (χ2n) is 4.51. The Labute approximate surface area is 132 Å². The van der Waals surface area contributed by atoms with Gasteiger partial charge in [0.05, 0.1) is 16.9 Å². The summed E-state index contributed by atoms with van der Waals surface area (Å²) in [5.74, 6) is 0.557. The topological polar surface area (TPSA) is 33.5 Å². The van der Waals surface area contributed by atoms with Crippen molar-refractivity contribution in [3.05, 3.63) is 58.9 Å². The molecular weight excluding hydrogens is 302 g/mol. The van der Waals surface area contributed by atoms with E-state index < -0.39 is 0 Å². The van der Waals surface area contributed by atoms with Crippen LogP contribution in [0.15, 0.2) is 52.0 Å². The van der Waals surface area contributed by atoms with Gasteiger partial charge >= 0.3 is 0 Å². The molecule has 0 spiro atoms. The Morgan fingerprint density at radius 2 is 2.10 bits per heavy atom. The number of anilines is 1. The normalized spacial score (nSPS) is 17.0.